The molecule has 2 fully saturated rings. The van der Waals surface area contributed by atoms with Crippen LogP contribution in [0.15, 0.2) is 78.9 Å². The number of rotatable bonds is 7. The number of hydrogen-bond donors (Lipinski definition) is 2. The summed E-state index contributed by atoms with van der Waals surface area (Å²) in [4.78, 5) is 29.3. The van der Waals surface area contributed by atoms with E-state index in [2.05, 4.69) is 46.6 Å². The van der Waals surface area contributed by atoms with Gasteiger partial charge >= 0.3 is 0 Å². The Hall–Kier alpha value is -3.80. The van der Waals surface area contributed by atoms with E-state index in [9.17, 15) is 14.7 Å². The molecule has 3 aromatic carbocycles. The Bertz CT molecular complexity index is 1200. The van der Waals surface area contributed by atoms with Gasteiger partial charge in [0.2, 0.25) is 11.8 Å². The van der Waals surface area contributed by atoms with Gasteiger partial charge in [0, 0.05) is 44.6 Å². The van der Waals surface area contributed by atoms with E-state index in [4.69, 9.17) is 0 Å². The SMILES string of the molecule is O=C1CC[C@@](CCC(=O)N2CCN(c3ccccc3O)CC2)(Cc2ccc(-c3ccccc3)cc2)N1. The molecule has 36 heavy (non-hydrogen) atoms. The maximum Gasteiger partial charge on any atom is 0.222 e. The molecule has 3 aromatic rings. The normalized spacial score (nSPS) is 19.8. The number of phenolic OH excluding ortho intramolecular Hbond substituents is 1. The van der Waals surface area contributed by atoms with E-state index in [1.807, 2.05) is 41.3 Å². The van der Waals surface area contributed by atoms with E-state index in [0.29, 0.717) is 45.4 Å². The summed E-state index contributed by atoms with van der Waals surface area (Å²) in [5.41, 5.74) is 3.96. The second kappa shape index (κ2) is 10.4. The standard InChI is InChI=1S/C30H33N3O3/c34-27-9-5-4-8-26(27)32-18-20-33(21-19-32)29(36)15-17-30(16-14-28(35)31-30)22-23-10-12-25(13-11-23)24-6-2-1-3-7-24/h1-13,34H,14-22H2,(H,31,35)/t30-/m1/s1. The van der Waals surface area contributed by atoms with Crippen molar-refractivity contribution in [2.24, 2.45) is 0 Å². The molecule has 2 heterocycles. The van der Waals surface area contributed by atoms with Gasteiger partial charge in [0.05, 0.1) is 5.69 Å². The highest BCUT2D eigenvalue weighted by Crippen LogP contribution is 2.31. The van der Waals surface area contributed by atoms with Crippen LogP contribution in [0, 0.1) is 0 Å². The average Bonchev–Trinajstić information content (AvgIpc) is 3.29. The van der Waals surface area contributed by atoms with Gasteiger partial charge in [-0.05, 0) is 48.1 Å². The van der Waals surface area contributed by atoms with Gasteiger partial charge in [-0.15, -0.1) is 0 Å². The number of piperazine rings is 1. The molecule has 2 aliphatic rings. The van der Waals surface area contributed by atoms with Crippen LogP contribution < -0.4 is 10.2 Å². The molecule has 186 valence electrons. The molecule has 0 aromatic heterocycles. The van der Waals surface area contributed by atoms with Gasteiger partial charge in [-0.25, -0.2) is 0 Å². The molecule has 0 saturated carbocycles. The zero-order chi connectivity index (χ0) is 25.0. The van der Waals surface area contributed by atoms with Crippen molar-refractivity contribution < 1.29 is 14.7 Å². The Morgan fingerprint density at radius 1 is 0.861 bits per heavy atom. The minimum absolute atomic E-state index is 0.0691. The Morgan fingerprint density at radius 3 is 2.19 bits per heavy atom. The summed E-state index contributed by atoms with van der Waals surface area (Å²) in [5, 5.41) is 13.3. The number of amides is 2. The molecule has 5 rings (SSSR count). The van der Waals surface area contributed by atoms with Gasteiger partial charge in [-0.1, -0.05) is 66.7 Å². The summed E-state index contributed by atoms with van der Waals surface area (Å²) < 4.78 is 0. The van der Waals surface area contributed by atoms with Crippen LogP contribution in [0.2, 0.25) is 0 Å². The molecule has 2 amide bonds. The lowest BCUT2D eigenvalue weighted by Gasteiger charge is -2.37. The van der Waals surface area contributed by atoms with Crippen LogP contribution in [0.4, 0.5) is 5.69 Å². The minimum Gasteiger partial charge on any atom is -0.506 e. The monoisotopic (exact) mass is 483 g/mol. The molecule has 2 aliphatic heterocycles. The molecule has 2 saturated heterocycles. The third-order valence-corrected chi connectivity index (χ3v) is 7.51. The smallest absolute Gasteiger partial charge is 0.222 e. The molecule has 2 N–H and O–H groups in total. The first-order valence-electron chi connectivity index (χ1n) is 12.8. The zero-order valence-corrected chi connectivity index (χ0v) is 20.5. The van der Waals surface area contributed by atoms with E-state index in [-0.39, 0.29) is 23.1 Å². The third kappa shape index (κ3) is 5.38. The van der Waals surface area contributed by atoms with Crippen molar-refractivity contribution in [2.45, 2.75) is 37.6 Å². The maximum absolute atomic E-state index is 13.1. The molecule has 1 atom stereocenters. The molecular weight excluding hydrogens is 450 g/mol. The topological polar surface area (TPSA) is 72.9 Å². The highest BCUT2D eigenvalue weighted by atomic mass is 16.3. The number of aromatic hydroxyl groups is 1. The highest BCUT2D eigenvalue weighted by Gasteiger charge is 2.38. The average molecular weight is 484 g/mol. The van der Waals surface area contributed by atoms with Crippen LogP contribution in [0.3, 0.4) is 0 Å². The summed E-state index contributed by atoms with van der Waals surface area (Å²) >= 11 is 0. The van der Waals surface area contributed by atoms with Crippen molar-refractivity contribution in [3.05, 3.63) is 84.4 Å². The lowest BCUT2D eigenvalue weighted by Crippen LogP contribution is -2.50. The van der Waals surface area contributed by atoms with E-state index < -0.39 is 0 Å². The van der Waals surface area contributed by atoms with Crippen molar-refractivity contribution in [1.82, 2.24) is 10.2 Å². The van der Waals surface area contributed by atoms with Crippen LogP contribution in [0.5, 0.6) is 5.75 Å². The van der Waals surface area contributed by atoms with E-state index in [1.165, 1.54) is 16.7 Å². The van der Waals surface area contributed by atoms with Crippen LogP contribution in [-0.2, 0) is 16.0 Å². The highest BCUT2D eigenvalue weighted by molar-refractivity contribution is 5.80. The van der Waals surface area contributed by atoms with Crippen LogP contribution in [0.1, 0.15) is 31.2 Å². The molecule has 0 bridgehead atoms. The number of carbonyl (C=O) groups is 2. The summed E-state index contributed by atoms with van der Waals surface area (Å²) in [6, 6.07) is 26.1. The van der Waals surface area contributed by atoms with Gasteiger partial charge in [-0.3, -0.25) is 9.59 Å². The van der Waals surface area contributed by atoms with E-state index in [0.717, 1.165) is 18.5 Å². The number of hydrogen-bond acceptors (Lipinski definition) is 4. The Kier molecular flexibility index (Phi) is 6.94. The summed E-state index contributed by atoms with van der Waals surface area (Å²) in [5.74, 6) is 0.472. The molecule has 6 heteroatoms. The van der Waals surface area contributed by atoms with Crippen molar-refractivity contribution in [3.63, 3.8) is 0 Å². The number of anilines is 1. The molecule has 0 spiro atoms. The second-order valence-corrected chi connectivity index (χ2v) is 9.92. The predicted octanol–water partition coefficient (Wildman–Crippen LogP) is 4.38. The number of benzene rings is 3. The molecule has 0 radical (unpaired) electrons. The van der Waals surface area contributed by atoms with Crippen molar-refractivity contribution in [3.8, 4) is 16.9 Å². The largest absolute Gasteiger partial charge is 0.506 e. The molecule has 6 nitrogen and oxygen atoms in total. The maximum atomic E-state index is 13.1. The molecular formula is C30H33N3O3. The van der Waals surface area contributed by atoms with Gasteiger partial charge in [0.25, 0.3) is 0 Å². The van der Waals surface area contributed by atoms with Crippen LogP contribution in [-0.4, -0.2) is 53.5 Å². The zero-order valence-electron chi connectivity index (χ0n) is 20.5. The number of phenols is 1. The summed E-state index contributed by atoms with van der Waals surface area (Å²) in [6.07, 6.45) is 3.04. The number of nitrogens with zero attached hydrogens (tertiary/aromatic N) is 2. The first-order valence-corrected chi connectivity index (χ1v) is 12.8. The lowest BCUT2D eigenvalue weighted by atomic mass is 9.84. The van der Waals surface area contributed by atoms with Gasteiger partial charge in [-0.2, -0.15) is 0 Å². The summed E-state index contributed by atoms with van der Waals surface area (Å²) in [7, 11) is 0. The van der Waals surface area contributed by atoms with Crippen molar-refractivity contribution in [1.29, 1.82) is 0 Å². The minimum atomic E-state index is -0.376. The van der Waals surface area contributed by atoms with E-state index >= 15 is 0 Å². The molecule has 0 unspecified atom stereocenters. The van der Waals surface area contributed by atoms with Gasteiger partial charge in [0.15, 0.2) is 0 Å². The van der Waals surface area contributed by atoms with Gasteiger partial charge in [0.1, 0.15) is 5.75 Å². The Morgan fingerprint density at radius 2 is 1.53 bits per heavy atom. The number of nitrogens with one attached hydrogen (secondary N) is 1. The first-order chi connectivity index (χ1) is 17.5. The molecule has 0 aliphatic carbocycles. The van der Waals surface area contributed by atoms with Crippen LogP contribution >= 0.6 is 0 Å². The fourth-order valence-corrected chi connectivity index (χ4v) is 5.45. The second-order valence-electron chi connectivity index (χ2n) is 9.92. The Labute approximate surface area is 212 Å². The van der Waals surface area contributed by atoms with Crippen LogP contribution in [0.25, 0.3) is 11.1 Å². The Balaban J connectivity index is 1.19. The van der Waals surface area contributed by atoms with E-state index in [1.54, 1.807) is 6.07 Å². The third-order valence-electron chi connectivity index (χ3n) is 7.51. The lowest BCUT2D eigenvalue weighted by molar-refractivity contribution is -0.132. The summed E-state index contributed by atoms with van der Waals surface area (Å²) in [6.45, 7) is 2.65. The van der Waals surface area contributed by atoms with Crippen molar-refractivity contribution >= 4 is 17.5 Å². The fraction of sp³-hybridized carbons (Fsp3) is 0.333. The first kappa shape index (κ1) is 23.9. The predicted molar refractivity (Wildman–Crippen MR) is 142 cm³/mol. The number of para-hydroxylation sites is 2. The quantitative estimate of drug-likeness (QED) is 0.523. The van der Waals surface area contributed by atoms with Crippen molar-refractivity contribution in [2.75, 3.05) is 31.1 Å². The fourth-order valence-electron chi connectivity index (χ4n) is 5.45. The van der Waals surface area contributed by atoms with Gasteiger partial charge < -0.3 is 20.2 Å². The number of carbonyl (C=O) groups excluding carboxylic acids is 2.